The Hall–Kier alpha value is -1.89. The van der Waals surface area contributed by atoms with Gasteiger partial charge >= 0.3 is 0 Å². The first-order valence-corrected chi connectivity index (χ1v) is 9.83. The third-order valence-corrected chi connectivity index (χ3v) is 5.80. The summed E-state index contributed by atoms with van der Waals surface area (Å²) in [5, 5.41) is 8.07. The molecule has 0 saturated heterocycles. The molecule has 1 fully saturated rings. The maximum Gasteiger partial charge on any atom is 0.177 e. The molecule has 2 aliphatic rings. The summed E-state index contributed by atoms with van der Waals surface area (Å²) >= 11 is 2.53. The van der Waals surface area contributed by atoms with Crippen LogP contribution in [0.3, 0.4) is 0 Å². The minimum absolute atomic E-state index is 0.242. The fourth-order valence-corrected chi connectivity index (χ4v) is 3.91. The summed E-state index contributed by atoms with van der Waals surface area (Å²) in [7, 11) is 0. The number of hydrogen-bond donors (Lipinski definition) is 0. The van der Waals surface area contributed by atoms with Gasteiger partial charge in [-0.2, -0.15) is 0 Å². The van der Waals surface area contributed by atoms with Crippen molar-refractivity contribution in [1.29, 1.82) is 0 Å². The Labute approximate surface area is 160 Å². The number of nitrogens with zero attached hydrogens (tertiary/aromatic N) is 2. The van der Waals surface area contributed by atoms with Gasteiger partial charge < -0.3 is 4.74 Å². The number of aromatic nitrogens is 2. The van der Waals surface area contributed by atoms with Crippen LogP contribution in [0, 0.1) is 0 Å². The normalized spacial score (nSPS) is 25.9. The van der Waals surface area contributed by atoms with Crippen LogP contribution < -0.4 is 4.74 Å². The van der Waals surface area contributed by atoms with Crippen molar-refractivity contribution in [3.63, 3.8) is 0 Å². The average molecular weight is 446 g/mol. The van der Waals surface area contributed by atoms with E-state index in [1.165, 1.54) is 12.8 Å². The fourth-order valence-electron chi connectivity index (χ4n) is 3.19. The molecule has 1 heterocycles. The lowest BCUT2D eigenvalue weighted by Gasteiger charge is -2.26. The summed E-state index contributed by atoms with van der Waals surface area (Å²) < 4.78 is 12.0. The third-order valence-electron chi connectivity index (χ3n) is 4.55. The van der Waals surface area contributed by atoms with Crippen LogP contribution in [0.2, 0.25) is 0 Å². The molecule has 2 aliphatic carbocycles. The second-order valence-electron chi connectivity index (χ2n) is 6.35. The number of fused-ring (bicyclic) bond motifs is 1. The summed E-state index contributed by atoms with van der Waals surface area (Å²) in [5.74, 6) is 0.765. The average Bonchev–Trinajstić information content (AvgIpc) is 3.05. The maximum absolute atomic E-state index is 6.31. The van der Waals surface area contributed by atoms with E-state index in [2.05, 4.69) is 51.1 Å². The topological polar surface area (TPSA) is 48.2 Å². The minimum Gasteiger partial charge on any atom is -0.488 e. The molecule has 1 aromatic carbocycles. The van der Waals surface area contributed by atoms with Crippen LogP contribution in [0.15, 0.2) is 59.3 Å². The summed E-state index contributed by atoms with van der Waals surface area (Å²) in [6.07, 6.45) is 19.1. The first-order chi connectivity index (χ1) is 12.3. The number of hydrogen-bond acceptors (Lipinski definition) is 4. The van der Waals surface area contributed by atoms with Gasteiger partial charge in [-0.3, -0.25) is 0 Å². The van der Waals surface area contributed by atoms with E-state index in [-0.39, 0.29) is 6.10 Å². The molecule has 0 N–H and O–H groups in total. The van der Waals surface area contributed by atoms with Gasteiger partial charge in [0, 0.05) is 3.92 Å². The second kappa shape index (κ2) is 7.56. The lowest BCUT2D eigenvalue weighted by Crippen LogP contribution is -2.24. The second-order valence-corrected chi connectivity index (χ2v) is 8.11. The van der Waals surface area contributed by atoms with Gasteiger partial charge in [-0.25, -0.2) is 4.63 Å². The van der Waals surface area contributed by atoms with Crippen LogP contribution in [-0.2, 0) is 0 Å². The van der Waals surface area contributed by atoms with Crippen molar-refractivity contribution in [2.75, 3.05) is 0 Å². The van der Waals surface area contributed by atoms with Crippen molar-refractivity contribution in [1.82, 2.24) is 10.3 Å². The quantitative estimate of drug-likeness (QED) is 0.467. The Bertz CT molecular complexity index is 871. The molecule has 5 heteroatoms. The molecule has 128 valence electrons. The van der Waals surface area contributed by atoms with E-state index in [4.69, 9.17) is 9.37 Å². The molecule has 0 radical (unpaired) electrons. The molecule has 4 rings (SSSR count). The smallest absolute Gasteiger partial charge is 0.177 e. The van der Waals surface area contributed by atoms with Crippen molar-refractivity contribution in [2.45, 2.75) is 35.7 Å². The van der Waals surface area contributed by atoms with E-state index in [0.717, 1.165) is 39.2 Å². The van der Waals surface area contributed by atoms with Gasteiger partial charge in [-0.1, -0.05) is 65.1 Å². The monoisotopic (exact) mass is 446 g/mol. The molecule has 0 unspecified atom stereocenters. The standard InChI is InChI=1S/C20H19IN2O2/c21-16-8-10-17(11-9-16)24-19-13-15(12-18-20(19)23-25-22-18)14-6-4-2-1-3-5-7-14/h1-7,12-13,16-17H,8-11H2/b2-1-,3-1?,4-2?,5-3-,6-4?,7-5?,14-6?,14-7?. The molecule has 1 saturated carbocycles. The molecule has 25 heavy (non-hydrogen) atoms. The van der Waals surface area contributed by atoms with Gasteiger partial charge in [0.2, 0.25) is 0 Å². The molecule has 0 atom stereocenters. The van der Waals surface area contributed by atoms with Crippen molar-refractivity contribution in [3.05, 3.63) is 60.2 Å². The number of ether oxygens (including phenoxy) is 1. The number of benzene rings is 1. The van der Waals surface area contributed by atoms with E-state index in [0.29, 0.717) is 5.52 Å². The zero-order valence-corrected chi connectivity index (χ0v) is 15.9. The zero-order valence-electron chi connectivity index (χ0n) is 13.8. The minimum atomic E-state index is 0.242. The van der Waals surface area contributed by atoms with E-state index in [9.17, 15) is 0 Å². The lowest BCUT2D eigenvalue weighted by atomic mass is 9.97. The number of allylic oxidation sites excluding steroid dienone is 8. The first-order valence-electron chi connectivity index (χ1n) is 8.59. The Morgan fingerprint density at radius 1 is 0.960 bits per heavy atom. The Kier molecular flexibility index (Phi) is 5.01. The third kappa shape index (κ3) is 3.86. The maximum atomic E-state index is 6.31. The zero-order chi connectivity index (χ0) is 17.1. The van der Waals surface area contributed by atoms with Crippen LogP contribution in [0.4, 0.5) is 0 Å². The summed E-state index contributed by atoms with van der Waals surface area (Å²) in [6.45, 7) is 0. The van der Waals surface area contributed by atoms with Gasteiger partial charge in [0.25, 0.3) is 0 Å². The number of halogens is 1. The molecule has 0 bridgehead atoms. The summed E-state index contributed by atoms with van der Waals surface area (Å²) in [6, 6.07) is 4.05. The van der Waals surface area contributed by atoms with Crippen molar-refractivity contribution in [3.8, 4) is 5.75 Å². The van der Waals surface area contributed by atoms with Crippen LogP contribution in [0.25, 0.3) is 16.6 Å². The van der Waals surface area contributed by atoms with Crippen molar-refractivity contribution >= 4 is 39.2 Å². The number of rotatable bonds is 3. The summed E-state index contributed by atoms with van der Waals surface area (Å²) in [4.78, 5) is 0. The predicted octanol–water partition coefficient (Wildman–Crippen LogP) is 5.41. The highest BCUT2D eigenvalue weighted by Crippen LogP contribution is 2.33. The van der Waals surface area contributed by atoms with Gasteiger partial charge in [0.05, 0.1) is 6.10 Å². The first kappa shape index (κ1) is 16.6. The molecule has 4 nitrogen and oxygen atoms in total. The molecule has 1 aromatic heterocycles. The van der Waals surface area contributed by atoms with Crippen molar-refractivity contribution in [2.24, 2.45) is 0 Å². The lowest BCUT2D eigenvalue weighted by molar-refractivity contribution is 0.160. The van der Waals surface area contributed by atoms with Crippen molar-refractivity contribution < 1.29 is 9.37 Å². The predicted molar refractivity (Wildman–Crippen MR) is 108 cm³/mol. The Balaban J connectivity index is 1.67. The molecule has 0 amide bonds. The number of alkyl halides is 1. The summed E-state index contributed by atoms with van der Waals surface area (Å²) in [5.41, 5.74) is 3.58. The highest BCUT2D eigenvalue weighted by atomic mass is 127. The van der Waals surface area contributed by atoms with Crippen LogP contribution >= 0.6 is 22.6 Å². The van der Waals surface area contributed by atoms with E-state index >= 15 is 0 Å². The Morgan fingerprint density at radius 2 is 1.76 bits per heavy atom. The Morgan fingerprint density at radius 3 is 2.64 bits per heavy atom. The van der Waals surface area contributed by atoms with Crippen LogP contribution in [-0.4, -0.2) is 20.3 Å². The highest BCUT2D eigenvalue weighted by Gasteiger charge is 2.22. The van der Waals surface area contributed by atoms with Crippen LogP contribution in [0.5, 0.6) is 5.75 Å². The highest BCUT2D eigenvalue weighted by molar-refractivity contribution is 14.1. The largest absolute Gasteiger partial charge is 0.488 e. The molecular formula is C20H19IN2O2. The molecule has 2 aromatic rings. The van der Waals surface area contributed by atoms with Gasteiger partial charge in [-0.15, -0.1) is 0 Å². The fraction of sp³-hybridized carbons (Fsp3) is 0.300. The van der Waals surface area contributed by atoms with E-state index in [1.54, 1.807) is 0 Å². The van der Waals surface area contributed by atoms with E-state index in [1.807, 2.05) is 36.4 Å². The van der Waals surface area contributed by atoms with Gasteiger partial charge in [0.15, 0.2) is 11.3 Å². The van der Waals surface area contributed by atoms with Gasteiger partial charge in [-0.05, 0) is 59.3 Å². The SMILES string of the molecule is IC1CCC(Oc2cc(C3=C/C=C\C=C/C=C3)cc3nonc23)CC1. The molecule has 0 spiro atoms. The van der Waals surface area contributed by atoms with Gasteiger partial charge in [0.1, 0.15) is 5.52 Å². The molecule has 0 aliphatic heterocycles. The van der Waals surface area contributed by atoms with E-state index < -0.39 is 0 Å². The molecular weight excluding hydrogens is 427 g/mol. The van der Waals surface area contributed by atoms with Crippen LogP contribution in [0.1, 0.15) is 31.2 Å².